The van der Waals surface area contributed by atoms with Crippen molar-refractivity contribution >= 4 is 10.9 Å². The van der Waals surface area contributed by atoms with E-state index in [0.717, 1.165) is 18.6 Å². The van der Waals surface area contributed by atoms with E-state index in [2.05, 4.69) is 9.97 Å². The van der Waals surface area contributed by atoms with Crippen molar-refractivity contribution in [3.63, 3.8) is 0 Å². The Balaban J connectivity index is 1.74. The topological polar surface area (TPSA) is 77.2 Å². The predicted molar refractivity (Wildman–Crippen MR) is 107 cm³/mol. The van der Waals surface area contributed by atoms with Crippen molar-refractivity contribution in [2.75, 3.05) is 0 Å². The molecular formula is C22H13F6N3O3. The minimum absolute atomic E-state index is 0.0782. The smallest absolute Gasteiger partial charge is 0.421 e. The Kier molecular flexibility index (Phi) is 6.00. The molecule has 0 spiro atoms. The second-order valence-corrected chi connectivity index (χ2v) is 7.16. The van der Waals surface area contributed by atoms with Crippen molar-refractivity contribution in [2.24, 2.45) is 0 Å². The summed E-state index contributed by atoms with van der Waals surface area (Å²) in [7, 11) is 0. The van der Waals surface area contributed by atoms with Crippen LogP contribution >= 0.6 is 0 Å². The summed E-state index contributed by atoms with van der Waals surface area (Å²) in [6.07, 6.45) is -2.79. The lowest BCUT2D eigenvalue weighted by molar-refractivity contribution is -0.139. The van der Waals surface area contributed by atoms with Crippen molar-refractivity contribution in [3.05, 3.63) is 93.4 Å². The largest absolute Gasteiger partial charge is 0.438 e. The van der Waals surface area contributed by atoms with E-state index in [1.54, 1.807) is 0 Å². The summed E-state index contributed by atoms with van der Waals surface area (Å²) in [5.74, 6) is -4.35. The molecule has 6 nitrogen and oxygen atoms in total. The normalized spacial score (nSPS) is 11.7. The molecule has 4 rings (SSSR count). The number of benzene rings is 2. The first kappa shape index (κ1) is 23.2. The molecule has 0 unspecified atom stereocenters. The number of aliphatic hydroxyl groups is 1. The highest BCUT2D eigenvalue weighted by Crippen LogP contribution is 2.37. The number of halogens is 6. The molecule has 0 fully saturated rings. The SMILES string of the molecule is O=c1ncn(Cc2c(F)cc(F)cc2F)c2ccc(Oc3ncc(CO)cc3C(F)(F)F)cc12. The molecule has 0 radical (unpaired) electrons. The van der Waals surface area contributed by atoms with Gasteiger partial charge in [0, 0.05) is 23.9 Å². The number of hydrogen-bond donors (Lipinski definition) is 1. The van der Waals surface area contributed by atoms with Gasteiger partial charge in [-0.05, 0) is 29.8 Å². The molecule has 0 saturated carbocycles. The van der Waals surface area contributed by atoms with Crippen molar-refractivity contribution in [3.8, 4) is 11.6 Å². The maximum atomic E-state index is 14.1. The van der Waals surface area contributed by atoms with Crippen molar-refractivity contribution in [1.82, 2.24) is 14.5 Å². The quantitative estimate of drug-likeness (QED) is 0.423. The van der Waals surface area contributed by atoms with Gasteiger partial charge in [-0.25, -0.2) is 18.2 Å². The Labute approximate surface area is 186 Å². The summed E-state index contributed by atoms with van der Waals surface area (Å²) in [5, 5.41) is 8.97. The minimum Gasteiger partial charge on any atom is -0.438 e. The maximum Gasteiger partial charge on any atom is 0.421 e. The minimum atomic E-state index is -4.83. The van der Waals surface area contributed by atoms with Gasteiger partial charge in [-0.3, -0.25) is 4.79 Å². The van der Waals surface area contributed by atoms with Gasteiger partial charge in [0.05, 0.1) is 30.4 Å². The van der Waals surface area contributed by atoms with Crippen molar-refractivity contribution in [1.29, 1.82) is 0 Å². The van der Waals surface area contributed by atoms with E-state index in [1.165, 1.54) is 16.7 Å². The lowest BCUT2D eigenvalue weighted by atomic mass is 10.1. The molecule has 2 aromatic heterocycles. The van der Waals surface area contributed by atoms with Gasteiger partial charge in [0.1, 0.15) is 28.8 Å². The molecule has 0 atom stereocenters. The van der Waals surface area contributed by atoms with Crippen LogP contribution in [0.3, 0.4) is 0 Å². The number of nitrogens with zero attached hydrogens (tertiary/aromatic N) is 3. The summed E-state index contributed by atoms with van der Waals surface area (Å²) < 4.78 is 87.9. The molecule has 0 aliphatic heterocycles. The highest BCUT2D eigenvalue weighted by Gasteiger charge is 2.36. The second kappa shape index (κ2) is 8.78. The average Bonchev–Trinajstić information content (AvgIpc) is 2.77. The van der Waals surface area contributed by atoms with Gasteiger partial charge < -0.3 is 14.4 Å². The van der Waals surface area contributed by atoms with Crippen LogP contribution in [0.4, 0.5) is 26.3 Å². The standard InChI is InChI=1S/C22H13F6N3O3/c23-12-4-17(24)15(18(25)5-12)8-31-10-30-20(33)14-6-13(1-2-19(14)31)34-21-16(22(26,27)28)3-11(9-32)7-29-21/h1-7,10,32H,8-9H2. The van der Waals surface area contributed by atoms with Gasteiger partial charge in [0.25, 0.3) is 5.56 Å². The van der Waals surface area contributed by atoms with E-state index in [9.17, 15) is 31.1 Å². The van der Waals surface area contributed by atoms with Gasteiger partial charge in [0.2, 0.25) is 5.88 Å². The molecule has 4 aromatic rings. The molecular weight excluding hydrogens is 468 g/mol. The lowest BCUT2D eigenvalue weighted by Crippen LogP contribution is -2.14. The van der Waals surface area contributed by atoms with E-state index in [1.807, 2.05) is 0 Å². The molecule has 2 heterocycles. The highest BCUT2D eigenvalue weighted by molar-refractivity contribution is 5.79. The van der Waals surface area contributed by atoms with Crippen LogP contribution < -0.4 is 10.3 Å². The molecule has 0 amide bonds. The predicted octanol–water partition coefficient (Wildman–Crippen LogP) is 4.56. The number of ether oxygens (including phenoxy) is 1. The van der Waals surface area contributed by atoms with E-state index in [0.29, 0.717) is 18.2 Å². The number of pyridine rings is 1. The Hall–Kier alpha value is -3.93. The Morgan fingerprint density at radius 1 is 1.00 bits per heavy atom. The monoisotopic (exact) mass is 481 g/mol. The molecule has 0 aliphatic carbocycles. The first-order valence-electron chi connectivity index (χ1n) is 9.54. The molecule has 0 saturated heterocycles. The van der Waals surface area contributed by atoms with Crippen LogP contribution in [0.25, 0.3) is 10.9 Å². The van der Waals surface area contributed by atoms with Crippen molar-refractivity contribution < 1.29 is 36.2 Å². The van der Waals surface area contributed by atoms with E-state index >= 15 is 0 Å². The van der Waals surface area contributed by atoms with Crippen LogP contribution in [0.5, 0.6) is 11.6 Å². The highest BCUT2D eigenvalue weighted by atomic mass is 19.4. The molecule has 176 valence electrons. The zero-order valence-electron chi connectivity index (χ0n) is 16.9. The van der Waals surface area contributed by atoms with Crippen LogP contribution in [-0.4, -0.2) is 19.6 Å². The van der Waals surface area contributed by atoms with Gasteiger partial charge in [-0.1, -0.05) is 0 Å². The third kappa shape index (κ3) is 4.57. The lowest BCUT2D eigenvalue weighted by Gasteiger charge is -2.15. The van der Waals surface area contributed by atoms with Crippen LogP contribution in [-0.2, 0) is 19.3 Å². The zero-order chi connectivity index (χ0) is 24.6. The van der Waals surface area contributed by atoms with Crippen LogP contribution in [0.2, 0.25) is 0 Å². The number of fused-ring (bicyclic) bond motifs is 1. The number of alkyl halides is 3. The first-order chi connectivity index (χ1) is 16.1. The maximum absolute atomic E-state index is 14.1. The Morgan fingerprint density at radius 2 is 1.71 bits per heavy atom. The van der Waals surface area contributed by atoms with E-state index in [-0.39, 0.29) is 22.2 Å². The number of hydrogen-bond acceptors (Lipinski definition) is 5. The summed E-state index contributed by atoms with van der Waals surface area (Å²) in [6.45, 7) is -1.10. The van der Waals surface area contributed by atoms with Gasteiger partial charge >= 0.3 is 6.18 Å². The molecule has 0 aliphatic rings. The summed E-state index contributed by atoms with van der Waals surface area (Å²) >= 11 is 0. The molecule has 2 aromatic carbocycles. The van der Waals surface area contributed by atoms with Crippen LogP contribution in [0.1, 0.15) is 16.7 Å². The number of aromatic nitrogens is 3. The molecule has 0 bridgehead atoms. The van der Waals surface area contributed by atoms with Crippen LogP contribution in [0, 0.1) is 17.5 Å². The number of aliphatic hydroxyl groups excluding tert-OH is 1. The fraction of sp³-hybridized carbons (Fsp3) is 0.136. The molecule has 34 heavy (non-hydrogen) atoms. The fourth-order valence-corrected chi connectivity index (χ4v) is 3.25. The van der Waals surface area contributed by atoms with Gasteiger partial charge in [-0.15, -0.1) is 0 Å². The third-order valence-corrected chi connectivity index (χ3v) is 4.87. The van der Waals surface area contributed by atoms with Crippen molar-refractivity contribution in [2.45, 2.75) is 19.3 Å². The second-order valence-electron chi connectivity index (χ2n) is 7.16. The number of rotatable bonds is 5. The average molecular weight is 481 g/mol. The zero-order valence-corrected chi connectivity index (χ0v) is 16.9. The third-order valence-electron chi connectivity index (χ3n) is 4.87. The Bertz CT molecular complexity index is 1430. The summed E-state index contributed by atoms with van der Waals surface area (Å²) in [4.78, 5) is 19.5. The van der Waals surface area contributed by atoms with Gasteiger partial charge in [-0.2, -0.15) is 18.2 Å². The van der Waals surface area contributed by atoms with E-state index < -0.39 is 59.3 Å². The van der Waals surface area contributed by atoms with E-state index in [4.69, 9.17) is 9.84 Å². The molecule has 12 heteroatoms. The summed E-state index contributed by atoms with van der Waals surface area (Å²) in [5.41, 5.74) is -2.40. The fourth-order valence-electron chi connectivity index (χ4n) is 3.25. The molecule has 1 N–H and O–H groups in total. The summed E-state index contributed by atoms with van der Waals surface area (Å²) in [6, 6.07) is 5.34. The Morgan fingerprint density at radius 3 is 2.35 bits per heavy atom. The van der Waals surface area contributed by atoms with Crippen LogP contribution in [0.15, 0.2) is 53.7 Å². The first-order valence-corrected chi connectivity index (χ1v) is 9.54. The van der Waals surface area contributed by atoms with Gasteiger partial charge in [0.15, 0.2) is 0 Å².